The second-order valence-electron chi connectivity index (χ2n) is 7.02. The fraction of sp³-hybridized carbons (Fsp3) is 0.160. The number of rotatable bonds is 9. The third-order valence-corrected chi connectivity index (χ3v) is 5.47. The van der Waals surface area contributed by atoms with Gasteiger partial charge in [-0.3, -0.25) is 14.4 Å². The molecule has 0 fully saturated rings. The first-order valence-corrected chi connectivity index (χ1v) is 11.1. The molecule has 3 rings (SSSR count). The van der Waals surface area contributed by atoms with Crippen molar-refractivity contribution in [3.63, 3.8) is 0 Å². The van der Waals surface area contributed by atoms with Crippen molar-refractivity contribution in [1.82, 2.24) is 5.32 Å². The summed E-state index contributed by atoms with van der Waals surface area (Å²) in [4.78, 5) is 37.7. The van der Waals surface area contributed by atoms with E-state index in [1.807, 2.05) is 61.5 Å². The van der Waals surface area contributed by atoms with Gasteiger partial charge in [-0.25, -0.2) is 0 Å². The van der Waals surface area contributed by atoms with Crippen molar-refractivity contribution in [2.24, 2.45) is 0 Å². The largest absolute Gasteiger partial charge is 0.455 e. The van der Waals surface area contributed by atoms with Gasteiger partial charge in [-0.15, -0.1) is 11.8 Å². The van der Waals surface area contributed by atoms with Crippen LogP contribution in [0, 0.1) is 6.92 Å². The van der Waals surface area contributed by atoms with Crippen LogP contribution in [0.15, 0.2) is 83.8 Å². The highest BCUT2D eigenvalue weighted by molar-refractivity contribution is 8.00. The van der Waals surface area contributed by atoms with Crippen LogP contribution in [-0.2, 0) is 20.9 Å². The molecule has 3 aromatic rings. The lowest BCUT2D eigenvalue weighted by atomic mass is 10.1. The first-order valence-electron chi connectivity index (χ1n) is 10.1. The highest BCUT2D eigenvalue weighted by Gasteiger charge is 2.14. The summed E-state index contributed by atoms with van der Waals surface area (Å²) in [7, 11) is 0. The first kappa shape index (κ1) is 23.1. The zero-order valence-corrected chi connectivity index (χ0v) is 18.5. The lowest BCUT2D eigenvalue weighted by Gasteiger charge is -2.12. The summed E-state index contributed by atoms with van der Waals surface area (Å²) in [6.07, 6.45) is 0. The summed E-state index contributed by atoms with van der Waals surface area (Å²) >= 11 is 1.34. The van der Waals surface area contributed by atoms with Crippen molar-refractivity contribution in [2.45, 2.75) is 18.4 Å². The number of para-hydroxylation sites is 1. The summed E-state index contributed by atoms with van der Waals surface area (Å²) in [5.74, 6) is -1.20. The number of thioether (sulfide) groups is 1. The summed E-state index contributed by atoms with van der Waals surface area (Å²) in [6.45, 7) is 1.95. The van der Waals surface area contributed by atoms with Crippen molar-refractivity contribution in [2.75, 3.05) is 17.7 Å². The molecule has 3 aromatic carbocycles. The molecule has 6 nitrogen and oxygen atoms in total. The fourth-order valence-corrected chi connectivity index (χ4v) is 3.52. The number of amides is 2. The molecule has 0 spiro atoms. The topological polar surface area (TPSA) is 84.5 Å². The van der Waals surface area contributed by atoms with Crippen LogP contribution in [0.1, 0.15) is 21.5 Å². The maximum absolute atomic E-state index is 12.6. The van der Waals surface area contributed by atoms with Gasteiger partial charge in [-0.1, -0.05) is 60.2 Å². The Morgan fingerprint density at radius 1 is 0.875 bits per heavy atom. The van der Waals surface area contributed by atoms with Gasteiger partial charge < -0.3 is 15.4 Å². The molecule has 2 amide bonds. The number of hydrogen-bond acceptors (Lipinski definition) is 5. The van der Waals surface area contributed by atoms with E-state index in [9.17, 15) is 14.4 Å². The van der Waals surface area contributed by atoms with Gasteiger partial charge in [0, 0.05) is 11.4 Å². The van der Waals surface area contributed by atoms with Crippen molar-refractivity contribution in [3.8, 4) is 0 Å². The third kappa shape index (κ3) is 7.28. The van der Waals surface area contributed by atoms with E-state index in [1.165, 1.54) is 11.8 Å². The zero-order chi connectivity index (χ0) is 22.8. The average molecular weight is 449 g/mol. The molecule has 0 saturated carbocycles. The molecule has 0 unspecified atom stereocenters. The average Bonchev–Trinajstić information content (AvgIpc) is 2.82. The van der Waals surface area contributed by atoms with Crippen LogP contribution in [-0.4, -0.2) is 30.1 Å². The Labute approximate surface area is 191 Å². The molecule has 0 aromatic heterocycles. The SMILES string of the molecule is Cc1ccc(CNC(=O)c2ccccc2NC(=O)COC(=O)CSc2ccccc2)cc1. The molecule has 0 atom stereocenters. The highest BCUT2D eigenvalue weighted by Crippen LogP contribution is 2.17. The predicted octanol–water partition coefficient (Wildman–Crippen LogP) is 4.20. The van der Waals surface area contributed by atoms with Crippen LogP contribution in [0.5, 0.6) is 0 Å². The minimum Gasteiger partial charge on any atom is -0.455 e. The maximum atomic E-state index is 12.6. The van der Waals surface area contributed by atoms with E-state index in [-0.39, 0.29) is 11.7 Å². The van der Waals surface area contributed by atoms with Crippen LogP contribution in [0.2, 0.25) is 0 Å². The Morgan fingerprint density at radius 2 is 1.56 bits per heavy atom. The molecule has 0 bridgehead atoms. The second kappa shape index (κ2) is 11.7. The quantitative estimate of drug-likeness (QED) is 0.379. The number of ether oxygens (including phenoxy) is 1. The van der Waals surface area contributed by atoms with Crippen LogP contribution in [0.25, 0.3) is 0 Å². The van der Waals surface area contributed by atoms with E-state index in [1.54, 1.807) is 24.3 Å². The normalized spacial score (nSPS) is 10.3. The number of hydrogen-bond donors (Lipinski definition) is 2. The molecule has 0 radical (unpaired) electrons. The number of benzene rings is 3. The predicted molar refractivity (Wildman–Crippen MR) is 126 cm³/mol. The molecular formula is C25H24N2O4S. The molecule has 0 saturated heterocycles. The van der Waals surface area contributed by atoms with Gasteiger partial charge in [0.05, 0.1) is 17.0 Å². The van der Waals surface area contributed by atoms with Crippen molar-refractivity contribution >= 4 is 35.2 Å². The van der Waals surface area contributed by atoms with E-state index < -0.39 is 18.5 Å². The Hall–Kier alpha value is -3.58. The molecule has 0 aliphatic heterocycles. The number of carbonyl (C=O) groups excluding carboxylic acids is 3. The van der Waals surface area contributed by atoms with Gasteiger partial charge in [0.15, 0.2) is 6.61 Å². The Kier molecular flexibility index (Phi) is 8.45. The molecule has 2 N–H and O–H groups in total. The van der Waals surface area contributed by atoms with Crippen molar-refractivity contribution in [1.29, 1.82) is 0 Å². The van der Waals surface area contributed by atoms with Gasteiger partial charge in [0.2, 0.25) is 0 Å². The maximum Gasteiger partial charge on any atom is 0.316 e. The molecule has 0 aliphatic rings. The fourth-order valence-electron chi connectivity index (χ4n) is 2.81. The number of aryl methyl sites for hydroxylation is 1. The van der Waals surface area contributed by atoms with Crippen molar-refractivity contribution < 1.29 is 19.1 Å². The number of anilines is 1. The summed E-state index contributed by atoms with van der Waals surface area (Å²) in [5.41, 5.74) is 2.81. The first-order chi connectivity index (χ1) is 15.5. The molecule has 7 heteroatoms. The van der Waals surface area contributed by atoms with E-state index >= 15 is 0 Å². The van der Waals surface area contributed by atoms with Crippen LogP contribution in [0.4, 0.5) is 5.69 Å². The van der Waals surface area contributed by atoms with Crippen molar-refractivity contribution in [3.05, 3.63) is 95.6 Å². The lowest BCUT2D eigenvalue weighted by molar-refractivity contribution is -0.144. The lowest BCUT2D eigenvalue weighted by Crippen LogP contribution is -2.26. The standard InChI is InChI=1S/C25H24N2O4S/c1-18-11-13-19(14-12-18)15-26-25(30)21-9-5-6-10-22(21)27-23(28)16-31-24(29)17-32-20-7-3-2-4-8-20/h2-14H,15-17H2,1H3,(H,26,30)(H,27,28). The molecule has 164 valence electrons. The number of esters is 1. The molecule has 0 heterocycles. The second-order valence-corrected chi connectivity index (χ2v) is 8.07. The smallest absolute Gasteiger partial charge is 0.316 e. The molecular weight excluding hydrogens is 424 g/mol. The number of nitrogens with one attached hydrogen (secondary N) is 2. The summed E-state index contributed by atoms with van der Waals surface area (Å²) < 4.78 is 5.04. The zero-order valence-electron chi connectivity index (χ0n) is 17.7. The Bertz CT molecular complexity index is 1070. The Morgan fingerprint density at radius 3 is 2.31 bits per heavy atom. The van der Waals surface area contributed by atoms with E-state index in [4.69, 9.17) is 4.74 Å². The van der Waals surface area contributed by atoms with Gasteiger partial charge >= 0.3 is 5.97 Å². The van der Waals surface area contributed by atoms with E-state index in [0.29, 0.717) is 17.8 Å². The Balaban J connectivity index is 1.48. The van der Waals surface area contributed by atoms with Crippen LogP contribution in [0.3, 0.4) is 0 Å². The van der Waals surface area contributed by atoms with Gasteiger partial charge in [-0.05, 0) is 36.8 Å². The third-order valence-electron chi connectivity index (χ3n) is 4.48. The monoisotopic (exact) mass is 448 g/mol. The van der Waals surface area contributed by atoms with Gasteiger partial charge in [0.25, 0.3) is 11.8 Å². The summed E-state index contributed by atoms with van der Waals surface area (Å²) in [5, 5.41) is 5.49. The van der Waals surface area contributed by atoms with Crippen LogP contribution >= 0.6 is 11.8 Å². The number of carbonyl (C=O) groups is 3. The molecule has 32 heavy (non-hydrogen) atoms. The minimum atomic E-state index is -0.512. The van der Waals surface area contributed by atoms with Crippen LogP contribution < -0.4 is 10.6 Å². The molecule has 0 aliphatic carbocycles. The van der Waals surface area contributed by atoms with E-state index in [2.05, 4.69) is 10.6 Å². The van der Waals surface area contributed by atoms with E-state index in [0.717, 1.165) is 16.0 Å². The highest BCUT2D eigenvalue weighted by atomic mass is 32.2. The van der Waals surface area contributed by atoms with Gasteiger partial charge in [-0.2, -0.15) is 0 Å². The van der Waals surface area contributed by atoms with Gasteiger partial charge in [0.1, 0.15) is 0 Å². The summed E-state index contributed by atoms with van der Waals surface area (Å²) in [6, 6.07) is 24.0. The minimum absolute atomic E-state index is 0.106.